The van der Waals surface area contributed by atoms with Gasteiger partial charge in [0.15, 0.2) is 5.82 Å². The van der Waals surface area contributed by atoms with Crippen LogP contribution in [0, 0.1) is 0 Å². The van der Waals surface area contributed by atoms with Gasteiger partial charge in [-0.15, -0.1) is 0 Å². The second-order valence-corrected chi connectivity index (χ2v) is 6.05. The van der Waals surface area contributed by atoms with Crippen LogP contribution in [-0.2, 0) is 6.54 Å². The van der Waals surface area contributed by atoms with Gasteiger partial charge in [0.2, 0.25) is 0 Å². The zero-order valence-electron chi connectivity index (χ0n) is 15.1. The molecule has 3 N–H and O–H groups in total. The van der Waals surface area contributed by atoms with Crippen LogP contribution >= 0.6 is 0 Å². The number of carbonyl (C=O) groups is 1. The zero-order valence-corrected chi connectivity index (χ0v) is 15.1. The zero-order chi connectivity index (χ0) is 19.1. The lowest BCUT2D eigenvalue weighted by molar-refractivity contribution is 0.240. The average Bonchev–Trinajstić information content (AvgIpc) is 3.09. The highest BCUT2D eigenvalue weighted by Crippen LogP contribution is 2.13. The molecule has 0 unspecified atom stereocenters. The van der Waals surface area contributed by atoms with E-state index in [2.05, 4.69) is 32.6 Å². The summed E-state index contributed by atoms with van der Waals surface area (Å²) in [4.78, 5) is 32.7. The monoisotopic (exact) mass is 366 g/mol. The Morgan fingerprint density at radius 2 is 2.15 bits per heavy atom. The lowest BCUT2D eigenvalue weighted by Gasteiger charge is -2.08. The third kappa shape index (κ3) is 4.60. The van der Waals surface area contributed by atoms with Crippen LogP contribution < -0.4 is 16.2 Å². The summed E-state index contributed by atoms with van der Waals surface area (Å²) >= 11 is 0. The fraction of sp³-hybridized carbons (Fsp3) is 0.263. The van der Waals surface area contributed by atoms with E-state index < -0.39 is 0 Å². The standard InChI is InChI=1S/C19H22N6O2/c1-2-3-8-22-19(27)23-11-14-6-9-21-17(10-14)25-18(26)16(13-24-25)15-5-4-7-20-12-15/h4-7,9-10,12-13,24H,2-3,8,11H2,1H3,(H2,22,23,27). The van der Waals surface area contributed by atoms with Gasteiger partial charge in [0.1, 0.15) is 0 Å². The molecule has 3 heterocycles. The predicted octanol–water partition coefficient (Wildman–Crippen LogP) is 2.22. The van der Waals surface area contributed by atoms with Crippen LogP contribution in [0.2, 0.25) is 0 Å². The molecule has 0 aliphatic rings. The van der Waals surface area contributed by atoms with E-state index in [0.717, 1.165) is 24.0 Å². The Labute approximate surface area is 156 Å². The molecule has 0 saturated carbocycles. The minimum absolute atomic E-state index is 0.210. The van der Waals surface area contributed by atoms with Gasteiger partial charge < -0.3 is 10.6 Å². The van der Waals surface area contributed by atoms with E-state index in [1.807, 2.05) is 6.07 Å². The summed E-state index contributed by atoms with van der Waals surface area (Å²) < 4.78 is 1.37. The topological polar surface area (TPSA) is 105 Å². The molecule has 2 amide bonds. The highest BCUT2D eigenvalue weighted by molar-refractivity contribution is 5.73. The molecule has 8 heteroatoms. The maximum Gasteiger partial charge on any atom is 0.315 e. The van der Waals surface area contributed by atoms with Crippen molar-refractivity contribution in [3.63, 3.8) is 0 Å². The molecule has 0 bridgehead atoms. The Morgan fingerprint density at radius 3 is 2.93 bits per heavy atom. The van der Waals surface area contributed by atoms with Crippen LogP contribution in [0.15, 0.2) is 53.8 Å². The van der Waals surface area contributed by atoms with E-state index in [0.29, 0.717) is 24.5 Å². The largest absolute Gasteiger partial charge is 0.338 e. The van der Waals surface area contributed by atoms with Crippen LogP contribution in [0.4, 0.5) is 4.79 Å². The van der Waals surface area contributed by atoms with Gasteiger partial charge in [-0.2, -0.15) is 0 Å². The van der Waals surface area contributed by atoms with Gasteiger partial charge in [-0.25, -0.2) is 14.5 Å². The summed E-state index contributed by atoms with van der Waals surface area (Å²) in [5.41, 5.74) is 1.88. The molecule has 0 aliphatic heterocycles. The number of carbonyl (C=O) groups excluding carboxylic acids is 1. The van der Waals surface area contributed by atoms with Gasteiger partial charge in [0, 0.05) is 43.4 Å². The molecule has 0 spiro atoms. The van der Waals surface area contributed by atoms with Crippen LogP contribution in [0.5, 0.6) is 0 Å². The summed E-state index contributed by atoms with van der Waals surface area (Å²) in [5.74, 6) is 0.459. The molecule has 0 aromatic carbocycles. The fourth-order valence-electron chi connectivity index (χ4n) is 2.59. The first-order chi connectivity index (χ1) is 13.2. The molecular formula is C19H22N6O2. The minimum Gasteiger partial charge on any atom is -0.338 e. The molecule has 0 aliphatic carbocycles. The van der Waals surface area contributed by atoms with Gasteiger partial charge in [0.05, 0.1) is 5.56 Å². The second kappa shape index (κ2) is 8.79. The molecular weight excluding hydrogens is 344 g/mol. The lowest BCUT2D eigenvalue weighted by atomic mass is 10.2. The number of unbranched alkanes of at least 4 members (excludes halogenated alkanes) is 1. The number of aromatic amines is 1. The number of urea groups is 1. The number of pyridine rings is 2. The van der Waals surface area contributed by atoms with Gasteiger partial charge in [-0.1, -0.05) is 19.4 Å². The number of rotatable bonds is 7. The first-order valence-corrected chi connectivity index (χ1v) is 8.87. The van der Waals surface area contributed by atoms with Crippen LogP contribution in [0.3, 0.4) is 0 Å². The minimum atomic E-state index is -0.210. The molecule has 0 atom stereocenters. The van der Waals surface area contributed by atoms with E-state index >= 15 is 0 Å². The molecule has 0 radical (unpaired) electrons. The van der Waals surface area contributed by atoms with Crippen molar-refractivity contribution >= 4 is 6.03 Å². The third-order valence-corrected chi connectivity index (χ3v) is 4.05. The van der Waals surface area contributed by atoms with Crippen molar-refractivity contribution in [2.24, 2.45) is 0 Å². The average molecular weight is 366 g/mol. The molecule has 0 saturated heterocycles. The summed E-state index contributed by atoms with van der Waals surface area (Å²) in [6.45, 7) is 3.07. The molecule has 8 nitrogen and oxygen atoms in total. The fourth-order valence-corrected chi connectivity index (χ4v) is 2.59. The molecule has 3 aromatic heterocycles. The lowest BCUT2D eigenvalue weighted by Crippen LogP contribution is -2.35. The van der Waals surface area contributed by atoms with E-state index in [4.69, 9.17) is 0 Å². The maximum atomic E-state index is 12.7. The van der Waals surface area contributed by atoms with Crippen LogP contribution in [0.25, 0.3) is 16.9 Å². The number of hydrogen-bond donors (Lipinski definition) is 3. The van der Waals surface area contributed by atoms with Gasteiger partial charge in [-0.05, 0) is 30.2 Å². The van der Waals surface area contributed by atoms with Crippen molar-refractivity contribution in [2.45, 2.75) is 26.3 Å². The van der Waals surface area contributed by atoms with E-state index in [9.17, 15) is 9.59 Å². The summed E-state index contributed by atoms with van der Waals surface area (Å²) in [6, 6.07) is 6.95. The molecule has 0 fully saturated rings. The Kier molecular flexibility index (Phi) is 5.98. The highest BCUT2D eigenvalue weighted by atomic mass is 16.2. The van der Waals surface area contributed by atoms with Crippen molar-refractivity contribution in [2.75, 3.05) is 6.54 Å². The van der Waals surface area contributed by atoms with Crippen LogP contribution in [0.1, 0.15) is 25.3 Å². The summed E-state index contributed by atoms with van der Waals surface area (Å²) in [6.07, 6.45) is 8.51. The van der Waals surface area contributed by atoms with Crippen molar-refractivity contribution in [1.82, 2.24) is 30.4 Å². The predicted molar refractivity (Wildman–Crippen MR) is 103 cm³/mol. The van der Waals surface area contributed by atoms with Crippen molar-refractivity contribution in [1.29, 1.82) is 0 Å². The Hall–Kier alpha value is -3.42. The first-order valence-electron chi connectivity index (χ1n) is 8.87. The Bertz CT molecular complexity index is 948. The van der Waals surface area contributed by atoms with Crippen molar-refractivity contribution in [3.05, 3.63) is 65.0 Å². The number of nitrogens with one attached hydrogen (secondary N) is 3. The highest BCUT2D eigenvalue weighted by Gasteiger charge is 2.11. The summed E-state index contributed by atoms with van der Waals surface area (Å²) in [7, 11) is 0. The normalized spacial score (nSPS) is 10.6. The molecule has 27 heavy (non-hydrogen) atoms. The number of H-pyrrole nitrogens is 1. The Balaban J connectivity index is 1.72. The van der Waals surface area contributed by atoms with Crippen LogP contribution in [-0.4, -0.2) is 32.3 Å². The van der Waals surface area contributed by atoms with Gasteiger partial charge >= 0.3 is 6.03 Å². The summed E-state index contributed by atoms with van der Waals surface area (Å²) in [5, 5.41) is 8.53. The third-order valence-electron chi connectivity index (χ3n) is 4.05. The van der Waals surface area contributed by atoms with E-state index in [1.165, 1.54) is 4.68 Å². The molecule has 3 rings (SSSR count). The van der Waals surface area contributed by atoms with E-state index in [1.54, 1.807) is 43.0 Å². The van der Waals surface area contributed by atoms with Crippen molar-refractivity contribution < 1.29 is 4.79 Å². The number of amides is 2. The number of nitrogens with zero attached hydrogens (tertiary/aromatic N) is 3. The SMILES string of the molecule is CCCCNC(=O)NCc1ccnc(-n2[nH]cc(-c3cccnc3)c2=O)c1. The number of hydrogen-bond acceptors (Lipinski definition) is 4. The second-order valence-electron chi connectivity index (χ2n) is 6.05. The maximum absolute atomic E-state index is 12.7. The smallest absolute Gasteiger partial charge is 0.315 e. The number of aromatic nitrogens is 4. The molecule has 3 aromatic rings. The quantitative estimate of drug-likeness (QED) is 0.558. The van der Waals surface area contributed by atoms with Crippen molar-refractivity contribution in [3.8, 4) is 16.9 Å². The Morgan fingerprint density at radius 1 is 1.26 bits per heavy atom. The van der Waals surface area contributed by atoms with E-state index in [-0.39, 0.29) is 11.6 Å². The van der Waals surface area contributed by atoms with Gasteiger partial charge in [0.25, 0.3) is 5.56 Å². The first kappa shape index (κ1) is 18.4. The molecule has 140 valence electrons. The van der Waals surface area contributed by atoms with Gasteiger partial charge in [-0.3, -0.25) is 14.9 Å².